The highest BCUT2D eigenvalue weighted by atomic mass is 79.9. The third-order valence-corrected chi connectivity index (χ3v) is 2.78. The summed E-state index contributed by atoms with van der Waals surface area (Å²) in [5.74, 6) is 4.54. The molecule has 0 amide bonds. The van der Waals surface area contributed by atoms with Gasteiger partial charge < -0.3 is 9.47 Å². The van der Waals surface area contributed by atoms with Crippen LogP contribution in [0.2, 0.25) is 0 Å². The van der Waals surface area contributed by atoms with Crippen molar-refractivity contribution in [3.63, 3.8) is 0 Å². The molecular formula is C15H21BrO4. The summed E-state index contributed by atoms with van der Waals surface area (Å²) in [6, 6.07) is 0. The quantitative estimate of drug-likeness (QED) is 0.437. The third-order valence-electron chi connectivity index (χ3n) is 2.50. The summed E-state index contributed by atoms with van der Waals surface area (Å²) in [6.45, 7) is 9.52. The highest BCUT2D eigenvalue weighted by Crippen LogP contribution is 2.35. The molecule has 0 aromatic heterocycles. The van der Waals surface area contributed by atoms with Crippen molar-refractivity contribution in [2.45, 2.75) is 33.6 Å². The van der Waals surface area contributed by atoms with Crippen LogP contribution < -0.4 is 0 Å². The van der Waals surface area contributed by atoms with Crippen LogP contribution in [0.15, 0.2) is 11.1 Å². The summed E-state index contributed by atoms with van der Waals surface area (Å²) in [5.41, 5.74) is -1.70. The van der Waals surface area contributed by atoms with Crippen LogP contribution in [0.4, 0.5) is 0 Å². The summed E-state index contributed by atoms with van der Waals surface area (Å²) < 4.78 is 10.0. The topological polar surface area (TPSA) is 52.6 Å². The van der Waals surface area contributed by atoms with Crippen molar-refractivity contribution in [3.8, 4) is 11.8 Å². The second kappa shape index (κ2) is 7.49. The Morgan fingerprint density at radius 1 is 1.15 bits per heavy atom. The Morgan fingerprint density at radius 3 is 1.90 bits per heavy atom. The molecule has 0 fully saturated rings. The van der Waals surface area contributed by atoms with Gasteiger partial charge in [0.25, 0.3) is 0 Å². The molecule has 4 nitrogen and oxygen atoms in total. The predicted molar refractivity (Wildman–Crippen MR) is 81.0 cm³/mol. The first-order valence-electron chi connectivity index (χ1n) is 6.09. The zero-order valence-corrected chi connectivity index (χ0v) is 14.2. The van der Waals surface area contributed by atoms with Crippen LogP contribution in [0, 0.1) is 22.7 Å². The lowest BCUT2D eigenvalue weighted by Crippen LogP contribution is -2.41. The molecular weight excluding hydrogens is 324 g/mol. The molecule has 0 aliphatic rings. The van der Waals surface area contributed by atoms with Gasteiger partial charge in [-0.15, -0.1) is 5.92 Å². The van der Waals surface area contributed by atoms with Gasteiger partial charge in [-0.3, -0.25) is 9.59 Å². The lowest BCUT2D eigenvalue weighted by Gasteiger charge is -2.26. The molecule has 0 rings (SSSR count). The summed E-state index contributed by atoms with van der Waals surface area (Å²) in [5, 5.41) is 0. The van der Waals surface area contributed by atoms with Crippen LogP contribution in [0.1, 0.15) is 33.6 Å². The van der Waals surface area contributed by atoms with E-state index in [2.05, 4.69) is 34.3 Å². The van der Waals surface area contributed by atoms with Crippen LogP contribution in [0.5, 0.6) is 0 Å². The number of hydrogen-bond donors (Lipinski definition) is 0. The van der Waals surface area contributed by atoms with E-state index < -0.39 is 17.4 Å². The lowest BCUT2D eigenvalue weighted by atomic mass is 9.80. The fourth-order valence-electron chi connectivity index (χ4n) is 1.61. The zero-order chi connectivity index (χ0) is 16.0. The molecule has 0 atom stereocenters. The smallest absolute Gasteiger partial charge is 0.324 e. The molecule has 0 aliphatic heterocycles. The minimum atomic E-state index is -1.48. The molecule has 0 saturated carbocycles. The van der Waals surface area contributed by atoms with Gasteiger partial charge in [-0.05, 0) is 25.3 Å². The fourth-order valence-corrected chi connectivity index (χ4v) is 2.09. The van der Waals surface area contributed by atoms with Gasteiger partial charge in [-0.2, -0.15) is 0 Å². The highest BCUT2D eigenvalue weighted by Gasteiger charge is 2.48. The Hall–Kier alpha value is -1.28. The molecule has 0 heterocycles. The Labute approximate surface area is 129 Å². The second-order valence-electron chi connectivity index (χ2n) is 5.49. The van der Waals surface area contributed by atoms with Crippen molar-refractivity contribution in [1.29, 1.82) is 0 Å². The van der Waals surface area contributed by atoms with Gasteiger partial charge in [0.05, 0.1) is 14.2 Å². The van der Waals surface area contributed by atoms with E-state index in [9.17, 15) is 9.59 Å². The Balaban J connectivity index is 5.60. The van der Waals surface area contributed by atoms with Gasteiger partial charge in [0.2, 0.25) is 0 Å². The molecule has 0 aliphatic carbocycles. The first-order chi connectivity index (χ1) is 9.09. The van der Waals surface area contributed by atoms with Gasteiger partial charge in [0.1, 0.15) is 0 Å². The first kappa shape index (κ1) is 18.7. The number of ether oxygens (including phenoxy) is 2. The van der Waals surface area contributed by atoms with Crippen molar-refractivity contribution >= 4 is 27.9 Å². The molecule has 0 saturated heterocycles. The monoisotopic (exact) mass is 344 g/mol. The molecule has 0 aromatic carbocycles. The number of methoxy groups -OCH3 is 2. The fraction of sp³-hybridized carbons (Fsp3) is 0.600. The van der Waals surface area contributed by atoms with E-state index in [4.69, 9.17) is 9.47 Å². The van der Waals surface area contributed by atoms with Gasteiger partial charge >= 0.3 is 11.9 Å². The summed E-state index contributed by atoms with van der Waals surface area (Å²) >= 11 is 3.18. The largest absolute Gasteiger partial charge is 0.468 e. The van der Waals surface area contributed by atoms with Crippen molar-refractivity contribution in [3.05, 3.63) is 11.1 Å². The van der Waals surface area contributed by atoms with Crippen molar-refractivity contribution in [2.75, 3.05) is 14.2 Å². The van der Waals surface area contributed by atoms with Crippen LogP contribution in [-0.2, 0) is 19.1 Å². The number of rotatable bonds is 5. The van der Waals surface area contributed by atoms with Crippen LogP contribution in [0.3, 0.4) is 0 Å². The van der Waals surface area contributed by atoms with Crippen LogP contribution in [-0.4, -0.2) is 26.2 Å². The predicted octanol–water partition coefficient (Wildman–Crippen LogP) is 3.06. The maximum Gasteiger partial charge on any atom is 0.324 e. The minimum absolute atomic E-state index is 0.0221. The molecule has 5 heteroatoms. The number of carbonyl (C=O) groups is 2. The number of allylic oxidation sites excluding steroid dienone is 1. The zero-order valence-electron chi connectivity index (χ0n) is 12.6. The molecule has 0 unspecified atom stereocenters. The van der Waals surface area contributed by atoms with Gasteiger partial charge in [-0.1, -0.05) is 28.4 Å². The summed E-state index contributed by atoms with van der Waals surface area (Å²) in [4.78, 5) is 24.1. The standard InChI is InChI=1S/C15H21BrO4/c1-11(16)10-15(12(17)19-5,13(18)20-6)9-7-8-14(2,3)4/h1,9-10H2,2-6H3. The minimum Gasteiger partial charge on any atom is -0.468 e. The normalized spacial score (nSPS) is 11.1. The maximum atomic E-state index is 12.1. The van der Waals surface area contributed by atoms with Crippen molar-refractivity contribution in [2.24, 2.45) is 10.8 Å². The van der Waals surface area contributed by atoms with E-state index in [-0.39, 0.29) is 18.3 Å². The number of halogens is 1. The maximum absolute atomic E-state index is 12.1. The second-order valence-corrected chi connectivity index (χ2v) is 6.61. The third kappa shape index (κ3) is 5.38. The van der Waals surface area contributed by atoms with E-state index >= 15 is 0 Å². The number of hydrogen-bond acceptors (Lipinski definition) is 4. The molecule has 0 N–H and O–H groups in total. The molecule has 20 heavy (non-hydrogen) atoms. The Bertz CT molecular complexity index is 433. The summed E-state index contributed by atoms with van der Waals surface area (Å²) in [6.07, 6.45) is 0.0966. The van der Waals surface area contributed by atoms with Crippen LogP contribution >= 0.6 is 15.9 Å². The van der Waals surface area contributed by atoms with Gasteiger partial charge in [-0.25, -0.2) is 0 Å². The molecule has 0 aromatic rings. The molecule has 112 valence electrons. The Kier molecular flexibility index (Phi) is 7.01. The van der Waals surface area contributed by atoms with E-state index in [1.54, 1.807) is 0 Å². The van der Waals surface area contributed by atoms with Crippen LogP contribution in [0.25, 0.3) is 0 Å². The average molecular weight is 345 g/mol. The number of esters is 2. The highest BCUT2D eigenvalue weighted by molar-refractivity contribution is 9.11. The SMILES string of the molecule is C=C(Br)CC(CC#CC(C)(C)C)(C(=O)OC)C(=O)OC. The first-order valence-corrected chi connectivity index (χ1v) is 6.88. The van der Waals surface area contributed by atoms with E-state index in [0.717, 1.165) is 0 Å². The van der Waals surface area contributed by atoms with Crippen molar-refractivity contribution in [1.82, 2.24) is 0 Å². The van der Waals surface area contributed by atoms with E-state index in [0.29, 0.717) is 4.48 Å². The molecule has 0 spiro atoms. The van der Waals surface area contributed by atoms with Gasteiger partial charge in [0.15, 0.2) is 5.41 Å². The van der Waals surface area contributed by atoms with E-state index in [1.807, 2.05) is 20.8 Å². The number of carbonyl (C=O) groups excluding carboxylic acids is 2. The van der Waals surface area contributed by atoms with E-state index in [1.165, 1.54) is 14.2 Å². The summed E-state index contributed by atoms with van der Waals surface area (Å²) in [7, 11) is 2.46. The Morgan fingerprint density at radius 2 is 1.60 bits per heavy atom. The van der Waals surface area contributed by atoms with Crippen molar-refractivity contribution < 1.29 is 19.1 Å². The molecule has 0 bridgehead atoms. The molecule has 0 radical (unpaired) electrons. The van der Waals surface area contributed by atoms with Gasteiger partial charge in [0, 0.05) is 18.3 Å². The lowest BCUT2D eigenvalue weighted by molar-refractivity contribution is -0.168. The average Bonchev–Trinajstić information content (AvgIpc) is 2.33.